The average Bonchev–Trinajstić information content (AvgIpc) is 2.72. The van der Waals surface area contributed by atoms with Crippen molar-refractivity contribution in [1.29, 1.82) is 0 Å². The van der Waals surface area contributed by atoms with Crippen molar-refractivity contribution in [3.05, 3.63) is 27.8 Å². The van der Waals surface area contributed by atoms with Crippen molar-refractivity contribution in [2.75, 3.05) is 0 Å². The summed E-state index contributed by atoms with van der Waals surface area (Å²) in [5, 5.41) is 11.5. The fourth-order valence-electron chi connectivity index (χ4n) is 4.67. The molecule has 1 aromatic carbocycles. The molecule has 0 aliphatic heterocycles. The molecule has 0 bridgehead atoms. The third kappa shape index (κ3) is 8.35. The maximum atomic E-state index is 11.5. The Balaban J connectivity index is 3.40. The zero-order valence-corrected chi connectivity index (χ0v) is 20.5. The third-order valence-corrected chi connectivity index (χ3v) is 6.40. The van der Waals surface area contributed by atoms with Crippen molar-refractivity contribution < 1.29 is 5.11 Å². The smallest absolute Gasteiger partial charge is 0.122 e. The Morgan fingerprint density at radius 2 is 0.759 bits per heavy atom. The van der Waals surface area contributed by atoms with Crippen LogP contribution in [0.1, 0.15) is 139 Å². The van der Waals surface area contributed by atoms with Gasteiger partial charge in [-0.3, -0.25) is 0 Å². The SMILES string of the molecule is CCCCCCCc1c(O)c(CCCC)c(CCCC)c(CCCC)c1CCC. The number of hydrogen-bond donors (Lipinski definition) is 1. The van der Waals surface area contributed by atoms with E-state index in [0.29, 0.717) is 5.75 Å². The van der Waals surface area contributed by atoms with Gasteiger partial charge < -0.3 is 5.11 Å². The highest BCUT2D eigenvalue weighted by Gasteiger charge is 2.22. The Morgan fingerprint density at radius 3 is 1.24 bits per heavy atom. The predicted molar refractivity (Wildman–Crippen MR) is 130 cm³/mol. The van der Waals surface area contributed by atoms with Crippen molar-refractivity contribution in [1.82, 2.24) is 0 Å². The molecule has 29 heavy (non-hydrogen) atoms. The van der Waals surface area contributed by atoms with Crippen LogP contribution in [0.25, 0.3) is 0 Å². The minimum Gasteiger partial charge on any atom is -0.507 e. The lowest BCUT2D eigenvalue weighted by Gasteiger charge is -2.25. The molecule has 0 saturated carbocycles. The molecule has 1 aromatic rings. The van der Waals surface area contributed by atoms with E-state index in [9.17, 15) is 5.11 Å². The van der Waals surface area contributed by atoms with E-state index < -0.39 is 0 Å². The first-order chi connectivity index (χ1) is 14.2. The normalized spacial score (nSPS) is 11.3. The van der Waals surface area contributed by atoms with Crippen LogP contribution in [0.3, 0.4) is 0 Å². The molecule has 0 radical (unpaired) electrons. The predicted octanol–water partition coefficient (Wildman–Crippen LogP) is 8.89. The summed E-state index contributed by atoms with van der Waals surface area (Å²) < 4.78 is 0. The number of phenolic OH excluding ortho intramolecular Hbond substituents is 1. The highest BCUT2D eigenvalue weighted by molar-refractivity contribution is 5.56. The fraction of sp³-hybridized carbons (Fsp3) is 0.786. The molecule has 0 fully saturated rings. The summed E-state index contributed by atoms with van der Waals surface area (Å²) in [6.45, 7) is 11.4. The molecule has 1 N–H and O–H groups in total. The largest absolute Gasteiger partial charge is 0.507 e. The lowest BCUT2D eigenvalue weighted by Crippen LogP contribution is -2.11. The molecule has 0 aliphatic rings. The van der Waals surface area contributed by atoms with Gasteiger partial charge in [0.15, 0.2) is 0 Å². The summed E-state index contributed by atoms with van der Waals surface area (Å²) in [7, 11) is 0. The molecule has 0 atom stereocenters. The van der Waals surface area contributed by atoms with Gasteiger partial charge in [0.05, 0.1) is 0 Å². The second-order valence-electron chi connectivity index (χ2n) is 8.97. The van der Waals surface area contributed by atoms with E-state index in [-0.39, 0.29) is 0 Å². The second kappa shape index (κ2) is 15.8. The molecular formula is C28H50O. The minimum absolute atomic E-state index is 0.684. The monoisotopic (exact) mass is 402 g/mol. The maximum Gasteiger partial charge on any atom is 0.122 e. The summed E-state index contributed by atoms with van der Waals surface area (Å²) in [5.74, 6) is 0.684. The van der Waals surface area contributed by atoms with Crippen LogP contribution in [0, 0.1) is 0 Å². The Morgan fingerprint density at radius 1 is 0.379 bits per heavy atom. The number of hydrogen-bond acceptors (Lipinski definition) is 1. The second-order valence-corrected chi connectivity index (χ2v) is 8.97. The van der Waals surface area contributed by atoms with Crippen LogP contribution in [-0.4, -0.2) is 5.11 Å². The first-order valence-corrected chi connectivity index (χ1v) is 13.0. The Hall–Kier alpha value is -0.980. The van der Waals surface area contributed by atoms with Crippen LogP contribution < -0.4 is 0 Å². The van der Waals surface area contributed by atoms with E-state index >= 15 is 0 Å². The van der Waals surface area contributed by atoms with Gasteiger partial charge in [0.2, 0.25) is 0 Å². The minimum atomic E-state index is 0.684. The van der Waals surface area contributed by atoms with Crippen molar-refractivity contribution in [2.24, 2.45) is 0 Å². The molecule has 1 heteroatoms. The van der Waals surface area contributed by atoms with Gasteiger partial charge in [0, 0.05) is 0 Å². The van der Waals surface area contributed by atoms with Crippen LogP contribution in [0.4, 0.5) is 0 Å². The molecule has 0 unspecified atom stereocenters. The quantitative estimate of drug-likeness (QED) is 0.258. The first kappa shape index (κ1) is 26.1. The topological polar surface area (TPSA) is 20.2 Å². The summed E-state index contributed by atoms with van der Waals surface area (Å²) in [6, 6.07) is 0. The number of rotatable bonds is 17. The highest BCUT2D eigenvalue weighted by atomic mass is 16.3. The number of aromatic hydroxyl groups is 1. The molecule has 0 heterocycles. The lowest BCUT2D eigenvalue weighted by atomic mass is 9.81. The molecule has 1 nitrogen and oxygen atoms in total. The van der Waals surface area contributed by atoms with Gasteiger partial charge in [-0.2, -0.15) is 0 Å². The van der Waals surface area contributed by atoms with Gasteiger partial charge >= 0.3 is 0 Å². The summed E-state index contributed by atoms with van der Waals surface area (Å²) in [4.78, 5) is 0. The van der Waals surface area contributed by atoms with Gasteiger partial charge in [-0.1, -0.05) is 86.0 Å². The standard InChI is InChI=1S/C28H50O/c1-6-11-15-16-17-22-27-23(18-10-5)24(19-12-7-2)25(20-13-8-3)26(28(27)29)21-14-9-4/h29H,6-22H2,1-5H3. The van der Waals surface area contributed by atoms with Gasteiger partial charge in [-0.15, -0.1) is 0 Å². The molecule has 0 saturated heterocycles. The summed E-state index contributed by atoms with van der Waals surface area (Å²) in [6.07, 6.45) is 20.6. The van der Waals surface area contributed by atoms with Crippen molar-refractivity contribution >= 4 is 0 Å². The van der Waals surface area contributed by atoms with Crippen molar-refractivity contribution in [3.8, 4) is 5.75 Å². The zero-order chi connectivity index (χ0) is 21.5. The van der Waals surface area contributed by atoms with E-state index in [1.165, 1.54) is 106 Å². The van der Waals surface area contributed by atoms with Crippen LogP contribution in [-0.2, 0) is 32.1 Å². The molecule has 1 rings (SSSR count). The third-order valence-electron chi connectivity index (χ3n) is 6.40. The van der Waals surface area contributed by atoms with E-state index in [4.69, 9.17) is 0 Å². The van der Waals surface area contributed by atoms with Crippen LogP contribution in [0.2, 0.25) is 0 Å². The Bertz CT molecular complexity index is 558. The Labute approximate surface area is 182 Å². The molecular weight excluding hydrogens is 352 g/mol. The van der Waals surface area contributed by atoms with Crippen LogP contribution in [0.5, 0.6) is 5.75 Å². The van der Waals surface area contributed by atoms with E-state index in [1.54, 1.807) is 5.56 Å². The van der Waals surface area contributed by atoms with Crippen LogP contribution in [0.15, 0.2) is 0 Å². The highest BCUT2D eigenvalue weighted by Crippen LogP contribution is 2.38. The molecule has 0 aromatic heterocycles. The van der Waals surface area contributed by atoms with Gasteiger partial charge in [0.1, 0.15) is 5.75 Å². The Kier molecular flexibility index (Phi) is 14.2. The van der Waals surface area contributed by atoms with Crippen molar-refractivity contribution in [3.63, 3.8) is 0 Å². The molecule has 0 aliphatic carbocycles. The van der Waals surface area contributed by atoms with E-state index in [2.05, 4.69) is 34.6 Å². The molecule has 0 amide bonds. The average molecular weight is 403 g/mol. The number of benzene rings is 1. The van der Waals surface area contributed by atoms with Gasteiger partial charge in [0.25, 0.3) is 0 Å². The van der Waals surface area contributed by atoms with Gasteiger partial charge in [-0.05, 0) is 85.6 Å². The van der Waals surface area contributed by atoms with Gasteiger partial charge in [-0.25, -0.2) is 0 Å². The lowest BCUT2D eigenvalue weighted by molar-refractivity contribution is 0.453. The number of unbranched alkanes of at least 4 members (excludes halogenated alkanes) is 7. The first-order valence-electron chi connectivity index (χ1n) is 13.0. The maximum absolute atomic E-state index is 11.5. The van der Waals surface area contributed by atoms with E-state index in [0.717, 1.165) is 25.7 Å². The fourth-order valence-corrected chi connectivity index (χ4v) is 4.67. The summed E-state index contributed by atoms with van der Waals surface area (Å²) >= 11 is 0. The molecule has 168 valence electrons. The zero-order valence-electron chi connectivity index (χ0n) is 20.5. The van der Waals surface area contributed by atoms with Crippen LogP contribution >= 0.6 is 0 Å². The molecule has 0 spiro atoms. The summed E-state index contributed by atoms with van der Waals surface area (Å²) in [5.41, 5.74) is 7.33. The van der Waals surface area contributed by atoms with Crippen molar-refractivity contribution in [2.45, 2.75) is 144 Å². The number of phenols is 1. The van der Waals surface area contributed by atoms with E-state index in [1.807, 2.05) is 0 Å².